The van der Waals surface area contributed by atoms with Crippen LogP contribution in [0.1, 0.15) is 10.4 Å². The van der Waals surface area contributed by atoms with Gasteiger partial charge in [-0.05, 0) is 0 Å². The number of hydrazine groups is 1. The summed E-state index contributed by atoms with van der Waals surface area (Å²) in [5.41, 5.74) is 3.73. The molecule has 1 aromatic heterocycles. The fourth-order valence-electron chi connectivity index (χ4n) is 0.921. The van der Waals surface area contributed by atoms with Gasteiger partial charge in [-0.15, -0.1) is 0 Å². The summed E-state index contributed by atoms with van der Waals surface area (Å²) in [6.07, 6.45) is -0.305. The summed E-state index contributed by atoms with van der Waals surface area (Å²) in [5, 5.41) is 9.70. The minimum atomic E-state index is -1.37. The van der Waals surface area contributed by atoms with Gasteiger partial charge in [-0.2, -0.15) is 0 Å². The Balaban J connectivity index is 2.56. The predicted octanol–water partition coefficient (Wildman–Crippen LogP) is -0.188. The second-order valence-electron chi connectivity index (χ2n) is 2.99. The van der Waals surface area contributed by atoms with Crippen molar-refractivity contribution in [2.75, 3.05) is 6.54 Å². The van der Waals surface area contributed by atoms with Gasteiger partial charge < -0.3 is 10.4 Å². The first kappa shape index (κ1) is 14.9. The lowest BCUT2D eigenvalue weighted by Crippen LogP contribution is -2.46. The van der Waals surface area contributed by atoms with Gasteiger partial charge in [0, 0.05) is 0 Å². The molecule has 102 valence electrons. The zero-order valence-electron chi connectivity index (χ0n) is 9.11. The molecule has 4 N–H and O–H groups in total. The summed E-state index contributed by atoms with van der Waals surface area (Å²) < 4.78 is 0. The van der Waals surface area contributed by atoms with Crippen LogP contribution in [0.25, 0.3) is 0 Å². The van der Waals surface area contributed by atoms with Crippen LogP contribution in [0.15, 0.2) is 6.33 Å². The number of hydrogen-bond acceptors (Lipinski definition) is 5. The Hall–Kier alpha value is -2.13. The molecule has 0 atom stereocenters. The number of carbonyl (C=O) groups excluding carboxylic acids is 2. The van der Waals surface area contributed by atoms with Gasteiger partial charge in [-0.3, -0.25) is 20.4 Å². The van der Waals surface area contributed by atoms with Crippen LogP contribution < -0.4 is 16.2 Å². The number of hydrogen-bond donors (Lipinski definition) is 4. The molecule has 0 fully saturated rings. The van der Waals surface area contributed by atoms with E-state index in [-0.39, 0.29) is 15.9 Å². The van der Waals surface area contributed by atoms with Crippen LogP contribution in [-0.4, -0.2) is 39.5 Å². The molecular formula is C8H7Cl2N5O4. The van der Waals surface area contributed by atoms with Crippen molar-refractivity contribution in [3.8, 4) is 0 Å². The van der Waals surface area contributed by atoms with Crippen molar-refractivity contribution in [2.45, 2.75) is 0 Å². The molecule has 11 heteroatoms. The Labute approximate surface area is 116 Å². The third kappa shape index (κ3) is 4.56. The van der Waals surface area contributed by atoms with Crippen LogP contribution in [0.3, 0.4) is 0 Å². The van der Waals surface area contributed by atoms with Gasteiger partial charge in [0.15, 0.2) is 0 Å². The molecular weight excluding hydrogens is 301 g/mol. The monoisotopic (exact) mass is 307 g/mol. The maximum Gasteiger partial charge on any atom is 0.405 e. The molecule has 0 unspecified atom stereocenters. The normalized spacial score (nSPS) is 9.58. The highest BCUT2D eigenvalue weighted by atomic mass is 35.5. The average Bonchev–Trinajstić information content (AvgIpc) is 2.33. The SMILES string of the molecule is O=C(O)NCC(=O)NNC(=O)c1c(Cl)ncnc1Cl. The quantitative estimate of drug-likeness (QED) is 0.452. The van der Waals surface area contributed by atoms with E-state index >= 15 is 0 Å². The van der Waals surface area contributed by atoms with Crippen LogP contribution in [0.2, 0.25) is 10.3 Å². The smallest absolute Gasteiger partial charge is 0.405 e. The minimum absolute atomic E-state index is 0.185. The molecule has 3 amide bonds. The molecule has 0 aliphatic heterocycles. The molecule has 0 bridgehead atoms. The fraction of sp³-hybridized carbons (Fsp3) is 0.125. The van der Waals surface area contributed by atoms with E-state index in [1.165, 1.54) is 0 Å². The van der Waals surface area contributed by atoms with E-state index in [1.54, 1.807) is 0 Å². The van der Waals surface area contributed by atoms with E-state index < -0.39 is 24.5 Å². The van der Waals surface area contributed by atoms with Crippen LogP contribution >= 0.6 is 23.2 Å². The molecule has 0 radical (unpaired) electrons. The van der Waals surface area contributed by atoms with Crippen molar-refractivity contribution in [1.29, 1.82) is 0 Å². The molecule has 0 aliphatic carbocycles. The van der Waals surface area contributed by atoms with Gasteiger partial charge >= 0.3 is 6.09 Å². The fourth-order valence-corrected chi connectivity index (χ4v) is 1.41. The topological polar surface area (TPSA) is 133 Å². The zero-order valence-corrected chi connectivity index (χ0v) is 10.6. The third-order valence-electron chi connectivity index (χ3n) is 1.70. The predicted molar refractivity (Wildman–Crippen MR) is 63.7 cm³/mol. The van der Waals surface area contributed by atoms with E-state index in [0.717, 1.165) is 6.33 Å². The van der Waals surface area contributed by atoms with Crippen molar-refractivity contribution >= 4 is 41.1 Å². The molecule has 19 heavy (non-hydrogen) atoms. The largest absolute Gasteiger partial charge is 0.465 e. The summed E-state index contributed by atoms with van der Waals surface area (Å²) in [7, 11) is 0. The lowest BCUT2D eigenvalue weighted by Gasteiger charge is -2.08. The number of amides is 3. The van der Waals surface area contributed by atoms with E-state index in [0.29, 0.717) is 0 Å². The minimum Gasteiger partial charge on any atom is -0.465 e. The summed E-state index contributed by atoms with van der Waals surface area (Å²) >= 11 is 11.3. The van der Waals surface area contributed by atoms with Gasteiger partial charge in [0.2, 0.25) is 0 Å². The van der Waals surface area contributed by atoms with Gasteiger partial charge in [0.05, 0.1) is 0 Å². The number of rotatable bonds is 3. The maximum atomic E-state index is 11.6. The van der Waals surface area contributed by atoms with Gasteiger partial charge in [0.25, 0.3) is 11.8 Å². The second kappa shape index (κ2) is 6.71. The van der Waals surface area contributed by atoms with Crippen LogP contribution in [0.5, 0.6) is 0 Å². The van der Waals surface area contributed by atoms with Crippen LogP contribution in [0, 0.1) is 0 Å². The van der Waals surface area contributed by atoms with Crippen LogP contribution in [0.4, 0.5) is 4.79 Å². The molecule has 1 rings (SSSR count). The molecule has 9 nitrogen and oxygen atoms in total. The van der Waals surface area contributed by atoms with Crippen LogP contribution in [-0.2, 0) is 4.79 Å². The Bertz CT molecular complexity index is 504. The number of nitrogens with zero attached hydrogens (tertiary/aromatic N) is 2. The molecule has 0 spiro atoms. The van der Waals surface area contributed by atoms with Crippen molar-refractivity contribution in [1.82, 2.24) is 26.1 Å². The van der Waals surface area contributed by atoms with E-state index in [4.69, 9.17) is 28.3 Å². The first-order valence-corrected chi connectivity index (χ1v) is 5.39. The first-order valence-electron chi connectivity index (χ1n) is 4.63. The summed E-state index contributed by atoms with van der Waals surface area (Å²) in [5.74, 6) is -1.61. The molecule has 0 aliphatic rings. The molecule has 0 aromatic carbocycles. The highest BCUT2D eigenvalue weighted by Crippen LogP contribution is 2.18. The highest BCUT2D eigenvalue weighted by molar-refractivity contribution is 6.38. The Kier molecular flexibility index (Phi) is 5.27. The number of halogens is 2. The van der Waals surface area contributed by atoms with Crippen molar-refractivity contribution in [3.63, 3.8) is 0 Å². The summed E-state index contributed by atoms with van der Waals surface area (Å²) in [4.78, 5) is 40.0. The number of nitrogens with one attached hydrogen (secondary N) is 3. The zero-order chi connectivity index (χ0) is 14.4. The highest BCUT2D eigenvalue weighted by Gasteiger charge is 2.17. The van der Waals surface area contributed by atoms with Gasteiger partial charge in [0.1, 0.15) is 28.7 Å². The molecule has 0 saturated heterocycles. The van der Waals surface area contributed by atoms with E-state index in [1.807, 2.05) is 16.2 Å². The third-order valence-corrected chi connectivity index (χ3v) is 2.27. The number of aromatic nitrogens is 2. The summed E-state index contributed by atoms with van der Waals surface area (Å²) in [6, 6.07) is 0. The lowest BCUT2D eigenvalue weighted by atomic mass is 10.3. The Morgan fingerprint density at radius 3 is 2.26 bits per heavy atom. The Morgan fingerprint density at radius 1 is 1.16 bits per heavy atom. The Morgan fingerprint density at radius 2 is 1.74 bits per heavy atom. The second-order valence-corrected chi connectivity index (χ2v) is 3.71. The average molecular weight is 308 g/mol. The maximum absolute atomic E-state index is 11.6. The summed E-state index contributed by atoms with van der Waals surface area (Å²) in [6.45, 7) is -0.525. The molecule has 1 aromatic rings. The van der Waals surface area contributed by atoms with E-state index in [9.17, 15) is 14.4 Å². The number of carboxylic acid groups (broad SMARTS) is 1. The lowest BCUT2D eigenvalue weighted by molar-refractivity contribution is -0.120. The van der Waals surface area contributed by atoms with Crippen molar-refractivity contribution in [2.24, 2.45) is 0 Å². The molecule has 1 heterocycles. The number of carbonyl (C=O) groups is 3. The molecule has 0 saturated carbocycles. The standard InChI is InChI=1S/C8H7Cl2N5O4/c9-5-4(6(10)13-2-12-5)7(17)15-14-3(16)1-11-8(18)19/h2,11H,1H2,(H,14,16)(H,15,17)(H,18,19). The van der Waals surface area contributed by atoms with Gasteiger partial charge in [-0.1, -0.05) is 23.2 Å². The first-order chi connectivity index (χ1) is 8.91. The van der Waals surface area contributed by atoms with Crippen molar-refractivity contribution < 1.29 is 19.5 Å². The van der Waals surface area contributed by atoms with E-state index in [2.05, 4.69) is 9.97 Å². The van der Waals surface area contributed by atoms with Crippen molar-refractivity contribution in [3.05, 3.63) is 22.2 Å². The van der Waals surface area contributed by atoms with Gasteiger partial charge in [-0.25, -0.2) is 14.8 Å².